The number of aliphatic carboxylic acids is 1. The molecular formula is C8H6F2INO2. The van der Waals surface area contributed by atoms with Crippen molar-refractivity contribution in [2.75, 3.05) is 0 Å². The number of carboxylic acids is 1. The van der Waals surface area contributed by atoms with Gasteiger partial charge in [0.05, 0.1) is 12.1 Å². The first-order chi connectivity index (χ1) is 6.49. The highest BCUT2D eigenvalue weighted by Gasteiger charge is 2.11. The maximum absolute atomic E-state index is 12.3. The lowest BCUT2D eigenvalue weighted by Crippen LogP contribution is -2.04. The molecule has 0 atom stereocenters. The van der Waals surface area contributed by atoms with Crippen LogP contribution in [-0.4, -0.2) is 16.1 Å². The number of pyridine rings is 1. The Labute approximate surface area is 92.3 Å². The Kier molecular flexibility index (Phi) is 3.73. The molecule has 0 aromatic carbocycles. The SMILES string of the molecule is O=C(O)Cc1cc(C(F)F)cc(I)n1. The third-order valence-electron chi connectivity index (χ3n) is 1.45. The van der Waals surface area contributed by atoms with Crippen LogP contribution < -0.4 is 0 Å². The van der Waals surface area contributed by atoms with Crippen molar-refractivity contribution in [2.45, 2.75) is 12.8 Å². The van der Waals surface area contributed by atoms with Gasteiger partial charge in [0.25, 0.3) is 6.43 Å². The Morgan fingerprint density at radius 2 is 2.21 bits per heavy atom. The van der Waals surface area contributed by atoms with E-state index in [0.717, 1.165) is 6.07 Å². The summed E-state index contributed by atoms with van der Waals surface area (Å²) in [7, 11) is 0. The van der Waals surface area contributed by atoms with Gasteiger partial charge in [-0.3, -0.25) is 4.79 Å². The molecule has 14 heavy (non-hydrogen) atoms. The quantitative estimate of drug-likeness (QED) is 0.688. The van der Waals surface area contributed by atoms with Gasteiger partial charge < -0.3 is 5.11 Å². The van der Waals surface area contributed by atoms with E-state index in [4.69, 9.17) is 5.11 Å². The van der Waals surface area contributed by atoms with Gasteiger partial charge in [0.2, 0.25) is 0 Å². The van der Waals surface area contributed by atoms with Crippen LogP contribution in [0, 0.1) is 3.70 Å². The third-order valence-corrected chi connectivity index (χ3v) is 2.01. The minimum Gasteiger partial charge on any atom is -0.481 e. The van der Waals surface area contributed by atoms with Gasteiger partial charge in [-0.2, -0.15) is 0 Å². The maximum Gasteiger partial charge on any atom is 0.309 e. The average molecular weight is 313 g/mol. The highest BCUT2D eigenvalue weighted by molar-refractivity contribution is 14.1. The molecule has 76 valence electrons. The third kappa shape index (κ3) is 3.17. The molecule has 1 heterocycles. The number of carbonyl (C=O) groups is 1. The van der Waals surface area contributed by atoms with Crippen LogP contribution in [-0.2, 0) is 11.2 Å². The Bertz CT molecular complexity index is 357. The Morgan fingerprint density at radius 3 is 2.71 bits per heavy atom. The monoisotopic (exact) mass is 313 g/mol. The molecule has 1 N–H and O–H groups in total. The first kappa shape index (κ1) is 11.3. The lowest BCUT2D eigenvalue weighted by Gasteiger charge is -2.03. The second-order valence-corrected chi connectivity index (χ2v) is 3.69. The molecule has 0 unspecified atom stereocenters. The van der Waals surface area contributed by atoms with Crippen molar-refractivity contribution < 1.29 is 18.7 Å². The number of hydrogen-bond donors (Lipinski definition) is 1. The molecule has 1 aromatic heterocycles. The summed E-state index contributed by atoms with van der Waals surface area (Å²) < 4.78 is 24.9. The largest absolute Gasteiger partial charge is 0.481 e. The fourth-order valence-corrected chi connectivity index (χ4v) is 1.61. The summed E-state index contributed by atoms with van der Waals surface area (Å²) in [6.45, 7) is 0. The second kappa shape index (κ2) is 4.63. The molecule has 6 heteroatoms. The summed E-state index contributed by atoms with van der Waals surface area (Å²) >= 11 is 1.77. The maximum atomic E-state index is 12.3. The molecular weight excluding hydrogens is 307 g/mol. The van der Waals surface area contributed by atoms with Crippen molar-refractivity contribution in [1.29, 1.82) is 0 Å². The van der Waals surface area contributed by atoms with Crippen molar-refractivity contribution in [3.63, 3.8) is 0 Å². The van der Waals surface area contributed by atoms with Crippen molar-refractivity contribution >= 4 is 28.6 Å². The highest BCUT2D eigenvalue weighted by Crippen LogP contribution is 2.20. The van der Waals surface area contributed by atoms with Crippen LogP contribution in [0.1, 0.15) is 17.7 Å². The van der Waals surface area contributed by atoms with E-state index in [1.807, 2.05) is 0 Å². The van der Waals surface area contributed by atoms with Gasteiger partial charge in [-0.25, -0.2) is 13.8 Å². The van der Waals surface area contributed by atoms with Gasteiger partial charge in [-0.05, 0) is 34.7 Å². The van der Waals surface area contributed by atoms with E-state index >= 15 is 0 Å². The van der Waals surface area contributed by atoms with E-state index in [0.29, 0.717) is 3.70 Å². The van der Waals surface area contributed by atoms with Gasteiger partial charge >= 0.3 is 5.97 Å². The molecule has 0 fully saturated rings. The average Bonchev–Trinajstić information content (AvgIpc) is 2.01. The summed E-state index contributed by atoms with van der Waals surface area (Å²) in [5, 5.41) is 8.46. The zero-order chi connectivity index (χ0) is 10.7. The van der Waals surface area contributed by atoms with Crippen LogP contribution in [0.25, 0.3) is 0 Å². The number of halogens is 3. The van der Waals surface area contributed by atoms with Gasteiger partial charge in [0.1, 0.15) is 3.70 Å². The van der Waals surface area contributed by atoms with Crippen molar-refractivity contribution in [1.82, 2.24) is 4.98 Å². The molecule has 0 radical (unpaired) electrons. The molecule has 0 saturated carbocycles. The van der Waals surface area contributed by atoms with E-state index in [-0.39, 0.29) is 17.7 Å². The van der Waals surface area contributed by atoms with Gasteiger partial charge in [-0.15, -0.1) is 0 Å². The van der Waals surface area contributed by atoms with Gasteiger partial charge in [-0.1, -0.05) is 0 Å². The van der Waals surface area contributed by atoms with Gasteiger partial charge in [0.15, 0.2) is 0 Å². The topological polar surface area (TPSA) is 50.2 Å². The lowest BCUT2D eigenvalue weighted by atomic mass is 10.2. The van der Waals surface area contributed by atoms with E-state index in [1.165, 1.54) is 6.07 Å². The van der Waals surface area contributed by atoms with Crippen LogP contribution in [0.2, 0.25) is 0 Å². The Balaban J connectivity index is 3.01. The Hall–Kier alpha value is -0.790. The second-order valence-electron chi connectivity index (χ2n) is 2.59. The summed E-state index contributed by atoms with van der Waals surface area (Å²) in [6, 6.07) is 2.34. The fourth-order valence-electron chi connectivity index (χ4n) is 0.945. The van der Waals surface area contributed by atoms with E-state index < -0.39 is 12.4 Å². The molecule has 0 aliphatic carbocycles. The van der Waals surface area contributed by atoms with Crippen LogP contribution in [0.4, 0.5) is 8.78 Å². The zero-order valence-corrected chi connectivity index (χ0v) is 9.03. The van der Waals surface area contributed by atoms with Crippen LogP contribution in [0.5, 0.6) is 0 Å². The predicted octanol–water partition coefficient (Wildman–Crippen LogP) is 2.25. The smallest absolute Gasteiger partial charge is 0.309 e. The standard InChI is InChI=1S/C8H6F2INO2/c9-8(10)4-1-5(3-7(13)14)12-6(11)2-4/h1-2,8H,3H2,(H,13,14). The number of nitrogens with zero attached hydrogens (tertiary/aromatic N) is 1. The molecule has 0 saturated heterocycles. The molecule has 0 aliphatic heterocycles. The number of aromatic nitrogens is 1. The van der Waals surface area contributed by atoms with Crippen molar-refractivity contribution in [2.24, 2.45) is 0 Å². The first-order valence-corrected chi connectivity index (χ1v) is 4.73. The van der Waals surface area contributed by atoms with Crippen molar-refractivity contribution in [3.8, 4) is 0 Å². The van der Waals surface area contributed by atoms with Crippen LogP contribution in [0.3, 0.4) is 0 Å². The van der Waals surface area contributed by atoms with Crippen LogP contribution in [0.15, 0.2) is 12.1 Å². The summed E-state index contributed by atoms with van der Waals surface area (Å²) in [4.78, 5) is 14.2. The first-order valence-electron chi connectivity index (χ1n) is 3.65. The van der Waals surface area contributed by atoms with Crippen molar-refractivity contribution in [3.05, 3.63) is 27.1 Å². The highest BCUT2D eigenvalue weighted by atomic mass is 127. The molecule has 1 rings (SSSR count). The zero-order valence-electron chi connectivity index (χ0n) is 6.88. The normalized spacial score (nSPS) is 10.6. The number of rotatable bonds is 3. The number of alkyl halides is 2. The number of hydrogen-bond acceptors (Lipinski definition) is 2. The van der Waals surface area contributed by atoms with E-state index in [9.17, 15) is 13.6 Å². The van der Waals surface area contributed by atoms with Crippen LogP contribution >= 0.6 is 22.6 Å². The summed E-state index contributed by atoms with van der Waals surface area (Å²) in [5.74, 6) is -1.08. The minimum atomic E-state index is -2.60. The molecule has 1 aromatic rings. The summed E-state index contributed by atoms with van der Waals surface area (Å²) in [6.07, 6.45) is -2.93. The predicted molar refractivity (Wildman–Crippen MR) is 53.3 cm³/mol. The molecule has 3 nitrogen and oxygen atoms in total. The van der Waals surface area contributed by atoms with E-state index in [1.54, 1.807) is 22.6 Å². The molecule has 0 aliphatic rings. The fraction of sp³-hybridized carbons (Fsp3) is 0.250. The molecule has 0 spiro atoms. The lowest BCUT2D eigenvalue weighted by molar-refractivity contribution is -0.136. The summed E-state index contributed by atoms with van der Waals surface area (Å²) in [5.41, 5.74) is -0.0413. The molecule has 0 bridgehead atoms. The minimum absolute atomic E-state index is 0.153. The van der Waals surface area contributed by atoms with Gasteiger partial charge in [0, 0.05) is 5.56 Å². The number of carboxylic acid groups (broad SMARTS) is 1. The van der Waals surface area contributed by atoms with E-state index in [2.05, 4.69) is 4.98 Å². The Morgan fingerprint density at radius 1 is 1.57 bits per heavy atom. The molecule has 0 amide bonds.